The first-order valence-corrected chi connectivity index (χ1v) is 13.0. The number of hydrogen-bond acceptors (Lipinski definition) is 6. The monoisotopic (exact) mass is 522 g/mol. The fourth-order valence-electron chi connectivity index (χ4n) is 3.94. The highest BCUT2D eigenvalue weighted by Crippen LogP contribution is 2.29. The van der Waals surface area contributed by atoms with Crippen LogP contribution in [0.2, 0.25) is 0 Å². The van der Waals surface area contributed by atoms with Crippen molar-refractivity contribution in [2.45, 2.75) is 38.5 Å². The molecule has 3 aliphatic carbocycles. The molecule has 3 aliphatic rings. The largest absolute Gasteiger partial charge is 0.423 e. The fourth-order valence-corrected chi connectivity index (χ4v) is 3.94. The molecule has 0 aromatic heterocycles. The van der Waals surface area contributed by atoms with Gasteiger partial charge in [0.25, 0.3) is 0 Å². The molecule has 6 nitrogen and oxygen atoms in total. The summed E-state index contributed by atoms with van der Waals surface area (Å²) in [7, 11) is 0. The second-order valence-electron chi connectivity index (χ2n) is 8.95. The Labute approximate surface area is 228 Å². The average molecular weight is 523 g/mol. The highest BCUT2D eigenvalue weighted by atomic mass is 16.6. The lowest BCUT2D eigenvalue weighted by Crippen LogP contribution is -2.09. The minimum Gasteiger partial charge on any atom is -0.423 e. The van der Waals surface area contributed by atoms with E-state index in [4.69, 9.17) is 14.2 Å². The van der Waals surface area contributed by atoms with Gasteiger partial charge in [-0.15, -0.1) is 0 Å². The second-order valence-corrected chi connectivity index (χ2v) is 8.95. The van der Waals surface area contributed by atoms with Crippen LogP contribution in [0.15, 0.2) is 126 Å². The van der Waals surface area contributed by atoms with Crippen LogP contribution >= 0.6 is 0 Å². The molecule has 0 unspecified atom stereocenters. The number of hydrogen-bond donors (Lipinski definition) is 0. The van der Waals surface area contributed by atoms with Gasteiger partial charge in [-0.1, -0.05) is 54.7 Å². The molecule has 0 saturated heterocycles. The molecule has 0 bridgehead atoms. The highest BCUT2D eigenvalue weighted by molar-refractivity contribution is 5.87. The van der Waals surface area contributed by atoms with Crippen molar-refractivity contribution in [1.82, 2.24) is 0 Å². The van der Waals surface area contributed by atoms with Crippen LogP contribution in [-0.2, 0) is 14.4 Å². The topological polar surface area (TPSA) is 78.9 Å². The van der Waals surface area contributed by atoms with Gasteiger partial charge in [-0.25, -0.2) is 14.4 Å². The van der Waals surface area contributed by atoms with Gasteiger partial charge in [0.15, 0.2) is 0 Å². The van der Waals surface area contributed by atoms with Crippen LogP contribution < -0.4 is 14.2 Å². The molecule has 0 spiro atoms. The van der Waals surface area contributed by atoms with Gasteiger partial charge in [-0.2, -0.15) is 0 Å². The maximum atomic E-state index is 12.5. The van der Waals surface area contributed by atoms with Crippen LogP contribution in [0.25, 0.3) is 0 Å². The molecule has 1 aromatic carbocycles. The van der Waals surface area contributed by atoms with E-state index in [1.807, 2.05) is 54.7 Å². The summed E-state index contributed by atoms with van der Waals surface area (Å²) in [5.74, 6) is -1.67. The standard InChI is InChI=1S/C33H30O6/c34-31(19-16-25-10-4-1-5-11-25)37-28-22-29(38-32(35)20-17-26-12-6-2-7-13-26)24-30(23-28)39-33(36)21-18-27-14-8-3-9-15-27/h4,6,8,10-24H,1-3,5,7,9H2. The summed E-state index contributed by atoms with van der Waals surface area (Å²) in [6, 6.07) is 4.17. The Hall–Kier alpha value is -4.71. The average Bonchev–Trinajstić information content (AvgIpc) is 2.95. The lowest BCUT2D eigenvalue weighted by molar-refractivity contribution is -0.129. The molecule has 0 N–H and O–H groups in total. The predicted molar refractivity (Wildman–Crippen MR) is 150 cm³/mol. The number of ether oxygens (including phenoxy) is 3. The molecule has 0 atom stereocenters. The minimum absolute atomic E-state index is 0.0646. The SMILES string of the molecule is O=C(C=CC1=CCCC=C1)Oc1cc(OC(=O)C=CC2=CCCC=C2)cc(OC(=O)C=CC2=CCCC=C2)c1. The number of allylic oxidation sites excluding steroid dienone is 15. The van der Waals surface area contributed by atoms with Crippen molar-refractivity contribution in [3.63, 3.8) is 0 Å². The summed E-state index contributed by atoms with van der Waals surface area (Å²) >= 11 is 0. The van der Waals surface area contributed by atoms with E-state index >= 15 is 0 Å². The van der Waals surface area contributed by atoms with E-state index in [0.29, 0.717) is 0 Å². The van der Waals surface area contributed by atoms with Crippen LogP contribution in [0.4, 0.5) is 0 Å². The van der Waals surface area contributed by atoms with Gasteiger partial charge in [-0.3, -0.25) is 0 Å². The summed E-state index contributed by atoms with van der Waals surface area (Å²) in [6.45, 7) is 0. The zero-order chi connectivity index (χ0) is 27.3. The van der Waals surface area contributed by atoms with Crippen LogP contribution in [0, 0.1) is 0 Å². The predicted octanol–water partition coefficient (Wildman–Crippen LogP) is 6.90. The molecular weight excluding hydrogens is 492 g/mol. The summed E-state index contributed by atoms with van der Waals surface area (Å²) in [4.78, 5) is 37.4. The van der Waals surface area contributed by atoms with Crippen LogP contribution in [0.3, 0.4) is 0 Å². The van der Waals surface area contributed by atoms with Crippen molar-refractivity contribution in [1.29, 1.82) is 0 Å². The Morgan fingerprint density at radius 1 is 0.487 bits per heavy atom. The first-order valence-electron chi connectivity index (χ1n) is 13.0. The first-order chi connectivity index (χ1) is 19.0. The van der Waals surface area contributed by atoms with Gasteiger partial charge in [-0.05, 0) is 73.5 Å². The third kappa shape index (κ3) is 9.59. The summed E-state index contributed by atoms with van der Waals surface area (Å²) < 4.78 is 16.3. The van der Waals surface area contributed by atoms with Crippen molar-refractivity contribution in [3.05, 3.63) is 126 Å². The number of carbonyl (C=O) groups excluding carboxylic acids is 3. The highest BCUT2D eigenvalue weighted by Gasteiger charge is 2.12. The molecule has 39 heavy (non-hydrogen) atoms. The first kappa shape index (κ1) is 27.3. The summed E-state index contributed by atoms with van der Waals surface area (Å²) in [6.07, 6.45) is 32.6. The molecule has 0 fully saturated rings. The maximum Gasteiger partial charge on any atom is 0.336 e. The smallest absolute Gasteiger partial charge is 0.336 e. The Bertz CT molecular complexity index is 1200. The van der Waals surface area contributed by atoms with Gasteiger partial charge in [0.2, 0.25) is 0 Å². The van der Waals surface area contributed by atoms with E-state index in [9.17, 15) is 14.4 Å². The Kier molecular flexibility index (Phi) is 10.0. The minimum atomic E-state index is -0.623. The van der Waals surface area contributed by atoms with Crippen molar-refractivity contribution >= 4 is 17.9 Å². The Morgan fingerprint density at radius 3 is 1.05 bits per heavy atom. The molecular formula is C33H30O6. The van der Waals surface area contributed by atoms with Gasteiger partial charge < -0.3 is 14.2 Å². The van der Waals surface area contributed by atoms with Crippen LogP contribution in [0.1, 0.15) is 38.5 Å². The molecule has 0 aliphatic heterocycles. The van der Waals surface area contributed by atoms with E-state index < -0.39 is 17.9 Å². The van der Waals surface area contributed by atoms with Crippen LogP contribution in [-0.4, -0.2) is 17.9 Å². The number of esters is 3. The third-order valence-corrected chi connectivity index (χ3v) is 5.82. The van der Waals surface area contributed by atoms with E-state index in [2.05, 4.69) is 0 Å². The van der Waals surface area contributed by atoms with E-state index in [1.165, 1.54) is 36.4 Å². The molecule has 4 rings (SSSR count). The molecule has 0 radical (unpaired) electrons. The molecule has 6 heteroatoms. The quantitative estimate of drug-likeness (QED) is 0.199. The van der Waals surface area contributed by atoms with Gasteiger partial charge in [0.1, 0.15) is 17.2 Å². The van der Waals surface area contributed by atoms with Crippen molar-refractivity contribution in [3.8, 4) is 17.2 Å². The molecule has 0 amide bonds. The molecule has 198 valence electrons. The van der Waals surface area contributed by atoms with Crippen molar-refractivity contribution in [2.75, 3.05) is 0 Å². The van der Waals surface area contributed by atoms with Crippen LogP contribution in [0.5, 0.6) is 17.2 Å². The fraction of sp³-hybridized carbons (Fsp3) is 0.182. The molecule has 1 aromatic rings. The van der Waals surface area contributed by atoms with E-state index in [1.54, 1.807) is 18.2 Å². The number of carbonyl (C=O) groups is 3. The second kappa shape index (κ2) is 14.3. The lowest BCUT2D eigenvalue weighted by atomic mass is 10.1. The maximum absolute atomic E-state index is 12.5. The van der Waals surface area contributed by atoms with E-state index in [-0.39, 0.29) is 17.2 Å². The van der Waals surface area contributed by atoms with Crippen molar-refractivity contribution < 1.29 is 28.6 Å². The zero-order valence-electron chi connectivity index (χ0n) is 21.6. The van der Waals surface area contributed by atoms with Gasteiger partial charge in [0, 0.05) is 36.4 Å². The van der Waals surface area contributed by atoms with Gasteiger partial charge in [0.05, 0.1) is 0 Å². The molecule has 0 heterocycles. The normalized spacial score (nSPS) is 16.8. The van der Waals surface area contributed by atoms with Crippen molar-refractivity contribution in [2.24, 2.45) is 0 Å². The van der Waals surface area contributed by atoms with E-state index in [0.717, 1.165) is 55.2 Å². The third-order valence-electron chi connectivity index (χ3n) is 5.82. The number of benzene rings is 1. The Balaban J connectivity index is 1.47. The summed E-state index contributed by atoms with van der Waals surface area (Å²) in [5.41, 5.74) is 2.75. The Morgan fingerprint density at radius 2 is 0.795 bits per heavy atom. The lowest BCUT2D eigenvalue weighted by Gasteiger charge is -2.09. The van der Waals surface area contributed by atoms with Gasteiger partial charge >= 0.3 is 17.9 Å². The molecule has 0 saturated carbocycles. The summed E-state index contributed by atoms with van der Waals surface area (Å²) in [5, 5.41) is 0. The zero-order valence-corrected chi connectivity index (χ0v) is 21.6. The number of rotatable bonds is 9.